The molecule has 2 nitrogen and oxygen atoms in total. The number of anilines is 1. The summed E-state index contributed by atoms with van der Waals surface area (Å²) in [5.41, 5.74) is 2.96. The van der Waals surface area contributed by atoms with Crippen molar-refractivity contribution in [1.82, 2.24) is 5.32 Å². The van der Waals surface area contributed by atoms with E-state index in [0.717, 1.165) is 25.0 Å². The summed E-state index contributed by atoms with van der Waals surface area (Å²) in [6, 6.07) is 9.81. The molecule has 3 rings (SSSR count). The molecule has 0 aliphatic heterocycles. The molecule has 1 aromatic carbocycles. The van der Waals surface area contributed by atoms with E-state index in [-0.39, 0.29) is 0 Å². The van der Waals surface area contributed by atoms with Crippen LogP contribution < -0.4 is 10.2 Å². The maximum atomic E-state index is 3.55. The summed E-state index contributed by atoms with van der Waals surface area (Å²) in [5, 5.41) is 3.55. The molecule has 0 aromatic heterocycles. The lowest BCUT2D eigenvalue weighted by Crippen LogP contribution is -2.29. The molecule has 2 saturated carbocycles. The Morgan fingerprint density at radius 1 is 1.16 bits per heavy atom. The highest BCUT2D eigenvalue weighted by Crippen LogP contribution is 2.38. The summed E-state index contributed by atoms with van der Waals surface area (Å²) in [7, 11) is 0. The van der Waals surface area contributed by atoms with Crippen LogP contribution in [0.2, 0.25) is 0 Å². The molecule has 0 spiro atoms. The molecule has 0 unspecified atom stereocenters. The minimum atomic E-state index is 0.827. The van der Waals surface area contributed by atoms with Crippen molar-refractivity contribution in [3.8, 4) is 0 Å². The molecule has 2 aliphatic carbocycles. The second-order valence-electron chi connectivity index (χ2n) is 6.13. The van der Waals surface area contributed by atoms with Crippen LogP contribution in [-0.4, -0.2) is 19.1 Å². The van der Waals surface area contributed by atoms with Gasteiger partial charge in [-0.3, -0.25) is 0 Å². The van der Waals surface area contributed by atoms with Crippen LogP contribution in [0.15, 0.2) is 24.3 Å². The number of benzene rings is 1. The Morgan fingerprint density at radius 3 is 2.63 bits per heavy atom. The molecule has 0 amide bonds. The zero-order chi connectivity index (χ0) is 13.1. The standard InChI is InChI=1S/C17H26N2/c1-2-11-18-12-15-5-3-4-6-17(15)19(16-9-10-16)13-14-7-8-14/h3-6,14,16,18H,2,7-13H2,1H3. The van der Waals surface area contributed by atoms with Gasteiger partial charge in [-0.05, 0) is 56.2 Å². The van der Waals surface area contributed by atoms with Gasteiger partial charge in [0.1, 0.15) is 0 Å². The molecule has 0 bridgehead atoms. The van der Waals surface area contributed by atoms with Gasteiger partial charge in [-0.1, -0.05) is 25.1 Å². The van der Waals surface area contributed by atoms with E-state index in [0.29, 0.717) is 0 Å². The van der Waals surface area contributed by atoms with Crippen molar-refractivity contribution in [2.75, 3.05) is 18.0 Å². The Balaban J connectivity index is 1.72. The fraction of sp³-hybridized carbons (Fsp3) is 0.647. The lowest BCUT2D eigenvalue weighted by atomic mass is 10.1. The van der Waals surface area contributed by atoms with E-state index in [1.54, 1.807) is 0 Å². The summed E-state index contributed by atoms with van der Waals surface area (Å²) in [4.78, 5) is 2.70. The maximum Gasteiger partial charge on any atom is 0.0414 e. The molecule has 1 aromatic rings. The molecule has 19 heavy (non-hydrogen) atoms. The largest absolute Gasteiger partial charge is 0.368 e. The van der Waals surface area contributed by atoms with Crippen LogP contribution in [0.4, 0.5) is 5.69 Å². The summed E-state index contributed by atoms with van der Waals surface area (Å²) >= 11 is 0. The Morgan fingerprint density at radius 2 is 1.95 bits per heavy atom. The van der Waals surface area contributed by atoms with Gasteiger partial charge in [0.05, 0.1) is 0 Å². The highest BCUT2D eigenvalue weighted by molar-refractivity contribution is 5.55. The normalized spacial score (nSPS) is 18.6. The molecule has 2 aliphatic rings. The molecule has 0 radical (unpaired) electrons. The van der Waals surface area contributed by atoms with Crippen molar-refractivity contribution in [1.29, 1.82) is 0 Å². The number of nitrogens with zero attached hydrogens (tertiary/aromatic N) is 1. The van der Waals surface area contributed by atoms with Crippen LogP contribution in [0.1, 0.15) is 44.6 Å². The predicted molar refractivity (Wildman–Crippen MR) is 81.5 cm³/mol. The number of nitrogens with one attached hydrogen (secondary N) is 1. The van der Waals surface area contributed by atoms with Gasteiger partial charge in [0.2, 0.25) is 0 Å². The van der Waals surface area contributed by atoms with Gasteiger partial charge in [0.15, 0.2) is 0 Å². The first-order valence-electron chi connectivity index (χ1n) is 7.93. The van der Waals surface area contributed by atoms with E-state index in [4.69, 9.17) is 0 Å². The van der Waals surface area contributed by atoms with Crippen LogP contribution in [-0.2, 0) is 6.54 Å². The zero-order valence-corrected chi connectivity index (χ0v) is 12.1. The molecule has 104 valence electrons. The predicted octanol–water partition coefficient (Wildman–Crippen LogP) is 3.57. The van der Waals surface area contributed by atoms with Gasteiger partial charge in [0, 0.05) is 24.8 Å². The first kappa shape index (κ1) is 13.0. The first-order chi connectivity index (χ1) is 9.38. The Kier molecular flexibility index (Phi) is 4.07. The monoisotopic (exact) mass is 258 g/mol. The van der Waals surface area contributed by atoms with Crippen LogP contribution in [0.25, 0.3) is 0 Å². The summed E-state index contributed by atoms with van der Waals surface area (Å²) in [5.74, 6) is 0.970. The average molecular weight is 258 g/mol. The molecule has 2 heteroatoms. The Labute approximate surface area is 117 Å². The smallest absolute Gasteiger partial charge is 0.0414 e. The van der Waals surface area contributed by atoms with Crippen molar-refractivity contribution in [2.24, 2.45) is 5.92 Å². The van der Waals surface area contributed by atoms with Crippen LogP contribution in [0.3, 0.4) is 0 Å². The van der Waals surface area contributed by atoms with Crippen molar-refractivity contribution < 1.29 is 0 Å². The number of rotatable bonds is 8. The molecule has 0 heterocycles. The van der Waals surface area contributed by atoms with E-state index >= 15 is 0 Å². The van der Waals surface area contributed by atoms with Crippen molar-refractivity contribution in [3.05, 3.63) is 29.8 Å². The van der Waals surface area contributed by atoms with Crippen LogP contribution in [0, 0.1) is 5.92 Å². The Hall–Kier alpha value is -1.02. The zero-order valence-electron chi connectivity index (χ0n) is 12.1. The number of hydrogen-bond acceptors (Lipinski definition) is 2. The number of hydrogen-bond donors (Lipinski definition) is 1. The van der Waals surface area contributed by atoms with Gasteiger partial charge >= 0.3 is 0 Å². The lowest BCUT2D eigenvalue weighted by molar-refractivity contribution is 0.665. The van der Waals surface area contributed by atoms with Crippen molar-refractivity contribution >= 4 is 5.69 Å². The quantitative estimate of drug-likeness (QED) is 0.717. The van der Waals surface area contributed by atoms with Crippen molar-refractivity contribution in [2.45, 2.75) is 51.6 Å². The van der Waals surface area contributed by atoms with E-state index in [1.807, 2.05) is 0 Å². The minimum Gasteiger partial charge on any atom is -0.368 e. The molecule has 0 saturated heterocycles. The highest BCUT2D eigenvalue weighted by atomic mass is 15.2. The second kappa shape index (κ2) is 5.96. The fourth-order valence-electron chi connectivity index (χ4n) is 2.75. The lowest BCUT2D eigenvalue weighted by Gasteiger charge is -2.27. The van der Waals surface area contributed by atoms with Gasteiger partial charge in [-0.25, -0.2) is 0 Å². The maximum absolute atomic E-state index is 3.55. The molecule has 2 fully saturated rings. The third-order valence-electron chi connectivity index (χ3n) is 4.18. The summed E-state index contributed by atoms with van der Waals surface area (Å²) in [6.07, 6.45) is 6.88. The minimum absolute atomic E-state index is 0.827. The second-order valence-corrected chi connectivity index (χ2v) is 6.13. The topological polar surface area (TPSA) is 15.3 Å². The molecule has 0 atom stereocenters. The van der Waals surface area contributed by atoms with E-state index in [2.05, 4.69) is 41.4 Å². The first-order valence-corrected chi connectivity index (χ1v) is 7.93. The fourth-order valence-corrected chi connectivity index (χ4v) is 2.75. The van der Waals surface area contributed by atoms with Crippen LogP contribution >= 0.6 is 0 Å². The molecular formula is C17H26N2. The van der Waals surface area contributed by atoms with E-state index in [9.17, 15) is 0 Å². The third kappa shape index (κ3) is 3.50. The average Bonchev–Trinajstić information content (AvgIpc) is 3.29. The number of para-hydroxylation sites is 1. The summed E-state index contributed by atoms with van der Waals surface area (Å²) < 4.78 is 0. The SMILES string of the molecule is CCCNCc1ccccc1N(CC1CC1)C1CC1. The molecule has 1 N–H and O–H groups in total. The van der Waals surface area contributed by atoms with Gasteiger partial charge < -0.3 is 10.2 Å². The van der Waals surface area contributed by atoms with Gasteiger partial charge in [-0.15, -0.1) is 0 Å². The van der Waals surface area contributed by atoms with Gasteiger partial charge in [0.25, 0.3) is 0 Å². The summed E-state index contributed by atoms with van der Waals surface area (Å²) in [6.45, 7) is 5.64. The van der Waals surface area contributed by atoms with Crippen LogP contribution in [0.5, 0.6) is 0 Å². The van der Waals surface area contributed by atoms with Crippen molar-refractivity contribution in [3.63, 3.8) is 0 Å². The van der Waals surface area contributed by atoms with Gasteiger partial charge in [-0.2, -0.15) is 0 Å². The highest BCUT2D eigenvalue weighted by Gasteiger charge is 2.34. The van der Waals surface area contributed by atoms with E-state index < -0.39 is 0 Å². The molecular weight excluding hydrogens is 232 g/mol. The Bertz CT molecular complexity index is 407. The van der Waals surface area contributed by atoms with E-state index in [1.165, 1.54) is 49.9 Å². The third-order valence-corrected chi connectivity index (χ3v) is 4.18.